The van der Waals surface area contributed by atoms with Crippen LogP contribution in [0.1, 0.15) is 42.9 Å². The molecule has 1 aliphatic heterocycles. The molecule has 2 heteroatoms. The number of hydrazone groups is 1. The summed E-state index contributed by atoms with van der Waals surface area (Å²) in [6.07, 6.45) is 7.40. The van der Waals surface area contributed by atoms with Crippen LogP contribution < -0.4 is 5.43 Å². The van der Waals surface area contributed by atoms with Crippen LogP contribution in [0.25, 0.3) is 0 Å². The maximum absolute atomic E-state index is 4.27. The second-order valence-corrected chi connectivity index (χ2v) is 4.54. The summed E-state index contributed by atoms with van der Waals surface area (Å²) in [6.45, 7) is 0. The maximum Gasteiger partial charge on any atom is 0.0723 e. The van der Waals surface area contributed by atoms with Gasteiger partial charge < -0.3 is 5.43 Å². The van der Waals surface area contributed by atoms with Gasteiger partial charge in [0.15, 0.2) is 0 Å². The summed E-state index contributed by atoms with van der Waals surface area (Å²) in [4.78, 5) is 0. The van der Waals surface area contributed by atoms with E-state index < -0.39 is 0 Å². The molecule has 0 spiro atoms. The molecular formula is C13H16N2. The summed E-state index contributed by atoms with van der Waals surface area (Å²) in [6, 6.07) is 9.05. The molecule has 0 bridgehead atoms. The van der Waals surface area contributed by atoms with E-state index in [0.717, 1.165) is 5.92 Å². The summed E-state index contributed by atoms with van der Waals surface area (Å²) >= 11 is 0. The van der Waals surface area contributed by atoms with Gasteiger partial charge in [-0.3, -0.25) is 0 Å². The Morgan fingerprint density at radius 3 is 2.80 bits per heavy atom. The molecular weight excluding hydrogens is 184 g/mol. The summed E-state index contributed by atoms with van der Waals surface area (Å²) in [7, 11) is 0. The van der Waals surface area contributed by atoms with Gasteiger partial charge in [-0.25, -0.2) is 0 Å². The Balaban J connectivity index is 1.94. The predicted octanol–water partition coefficient (Wildman–Crippen LogP) is 2.86. The van der Waals surface area contributed by atoms with Crippen LogP contribution in [-0.2, 0) is 0 Å². The van der Waals surface area contributed by atoms with Crippen LogP contribution >= 0.6 is 0 Å². The van der Waals surface area contributed by atoms with Gasteiger partial charge in [0.05, 0.1) is 12.3 Å². The second-order valence-electron chi connectivity index (χ2n) is 4.54. The van der Waals surface area contributed by atoms with Crippen molar-refractivity contribution >= 4 is 6.21 Å². The third-order valence-corrected chi connectivity index (χ3v) is 3.62. The molecule has 0 unspecified atom stereocenters. The van der Waals surface area contributed by atoms with E-state index in [1.807, 2.05) is 6.21 Å². The molecule has 3 rings (SSSR count). The van der Waals surface area contributed by atoms with Gasteiger partial charge in [0.25, 0.3) is 0 Å². The van der Waals surface area contributed by atoms with Gasteiger partial charge in [-0.15, -0.1) is 0 Å². The lowest BCUT2D eigenvalue weighted by atomic mass is 9.89. The minimum atomic E-state index is 0.452. The van der Waals surface area contributed by atoms with E-state index in [0.29, 0.717) is 6.04 Å². The molecule has 1 saturated carbocycles. The van der Waals surface area contributed by atoms with Gasteiger partial charge in [0.2, 0.25) is 0 Å². The fraction of sp³-hybridized carbons (Fsp3) is 0.462. The quantitative estimate of drug-likeness (QED) is 0.740. The average Bonchev–Trinajstić information content (AvgIpc) is 2.82. The van der Waals surface area contributed by atoms with Crippen LogP contribution in [0.5, 0.6) is 0 Å². The molecule has 1 atom stereocenters. The fourth-order valence-electron chi connectivity index (χ4n) is 2.82. The maximum atomic E-state index is 4.27. The summed E-state index contributed by atoms with van der Waals surface area (Å²) < 4.78 is 0. The number of rotatable bonds is 1. The number of hydrogen-bond donors (Lipinski definition) is 1. The molecule has 1 aromatic rings. The minimum Gasteiger partial charge on any atom is -0.302 e. The van der Waals surface area contributed by atoms with Gasteiger partial charge in [0, 0.05) is 0 Å². The van der Waals surface area contributed by atoms with E-state index in [1.54, 1.807) is 0 Å². The zero-order valence-corrected chi connectivity index (χ0v) is 8.82. The Hall–Kier alpha value is -1.31. The van der Waals surface area contributed by atoms with Crippen molar-refractivity contribution < 1.29 is 0 Å². The van der Waals surface area contributed by atoms with Crippen LogP contribution in [0.2, 0.25) is 0 Å². The molecule has 1 aromatic carbocycles. The van der Waals surface area contributed by atoms with Gasteiger partial charge >= 0.3 is 0 Å². The minimum absolute atomic E-state index is 0.452. The van der Waals surface area contributed by atoms with Crippen LogP contribution in [-0.4, -0.2) is 6.21 Å². The first-order valence-electron chi connectivity index (χ1n) is 5.83. The highest BCUT2D eigenvalue weighted by Crippen LogP contribution is 2.37. The van der Waals surface area contributed by atoms with Crippen molar-refractivity contribution in [2.75, 3.05) is 0 Å². The van der Waals surface area contributed by atoms with E-state index in [2.05, 4.69) is 34.8 Å². The molecule has 1 heterocycles. The number of benzene rings is 1. The van der Waals surface area contributed by atoms with E-state index in [1.165, 1.54) is 36.8 Å². The van der Waals surface area contributed by atoms with Crippen molar-refractivity contribution in [2.45, 2.75) is 31.7 Å². The monoisotopic (exact) mass is 200 g/mol. The molecule has 0 aromatic heterocycles. The molecule has 1 fully saturated rings. The molecule has 78 valence electrons. The van der Waals surface area contributed by atoms with Crippen molar-refractivity contribution in [1.82, 2.24) is 5.43 Å². The summed E-state index contributed by atoms with van der Waals surface area (Å²) in [5, 5.41) is 4.27. The molecule has 15 heavy (non-hydrogen) atoms. The first kappa shape index (κ1) is 8.96. The predicted molar refractivity (Wildman–Crippen MR) is 61.9 cm³/mol. The molecule has 0 radical (unpaired) electrons. The van der Waals surface area contributed by atoms with Gasteiger partial charge in [-0.2, -0.15) is 5.10 Å². The largest absolute Gasteiger partial charge is 0.302 e. The number of nitrogens with one attached hydrogen (secondary N) is 1. The Bertz CT molecular complexity index is 378. The van der Waals surface area contributed by atoms with Crippen molar-refractivity contribution in [1.29, 1.82) is 0 Å². The van der Waals surface area contributed by atoms with Gasteiger partial charge in [-0.1, -0.05) is 37.1 Å². The molecule has 1 N–H and O–H groups in total. The van der Waals surface area contributed by atoms with Gasteiger partial charge in [-0.05, 0) is 29.9 Å². The lowest BCUT2D eigenvalue weighted by molar-refractivity contribution is 0.372. The van der Waals surface area contributed by atoms with Crippen molar-refractivity contribution in [3.05, 3.63) is 35.4 Å². The SMILES string of the molecule is C1=NN[C@@H](C2CCCC2)c2ccccc21. The Kier molecular flexibility index (Phi) is 2.20. The number of nitrogens with zero attached hydrogens (tertiary/aromatic N) is 1. The van der Waals surface area contributed by atoms with E-state index >= 15 is 0 Å². The van der Waals surface area contributed by atoms with Crippen molar-refractivity contribution in [2.24, 2.45) is 11.0 Å². The van der Waals surface area contributed by atoms with Gasteiger partial charge in [0.1, 0.15) is 0 Å². The lowest BCUT2D eigenvalue weighted by Gasteiger charge is -2.27. The number of hydrogen-bond acceptors (Lipinski definition) is 2. The Morgan fingerprint density at radius 2 is 1.93 bits per heavy atom. The van der Waals surface area contributed by atoms with Crippen LogP contribution in [0, 0.1) is 5.92 Å². The first-order valence-corrected chi connectivity index (χ1v) is 5.83. The van der Waals surface area contributed by atoms with E-state index in [9.17, 15) is 0 Å². The molecule has 0 amide bonds. The topological polar surface area (TPSA) is 24.4 Å². The van der Waals surface area contributed by atoms with Crippen LogP contribution in [0.3, 0.4) is 0 Å². The van der Waals surface area contributed by atoms with Crippen molar-refractivity contribution in [3.8, 4) is 0 Å². The summed E-state index contributed by atoms with van der Waals surface area (Å²) in [5.41, 5.74) is 6.00. The van der Waals surface area contributed by atoms with Crippen LogP contribution in [0.4, 0.5) is 0 Å². The Labute approximate surface area is 90.4 Å². The third kappa shape index (κ3) is 1.54. The zero-order chi connectivity index (χ0) is 10.1. The first-order chi connectivity index (χ1) is 7.45. The summed E-state index contributed by atoms with van der Waals surface area (Å²) in [5.74, 6) is 0.781. The lowest BCUT2D eigenvalue weighted by Crippen LogP contribution is -2.27. The molecule has 2 aliphatic rings. The van der Waals surface area contributed by atoms with E-state index in [-0.39, 0.29) is 0 Å². The standard InChI is InChI=1S/C13H16N2/c1-2-6-10(5-1)13-12-8-4-3-7-11(12)9-14-15-13/h3-4,7-10,13,15H,1-2,5-6H2/t13-/m0/s1. The highest BCUT2D eigenvalue weighted by molar-refractivity contribution is 5.82. The van der Waals surface area contributed by atoms with Crippen LogP contribution in [0.15, 0.2) is 29.4 Å². The highest BCUT2D eigenvalue weighted by atomic mass is 15.3. The second kappa shape index (κ2) is 3.69. The average molecular weight is 200 g/mol. The Morgan fingerprint density at radius 1 is 1.13 bits per heavy atom. The highest BCUT2D eigenvalue weighted by Gasteiger charge is 2.28. The fourth-order valence-corrected chi connectivity index (χ4v) is 2.82. The number of fused-ring (bicyclic) bond motifs is 1. The van der Waals surface area contributed by atoms with E-state index in [4.69, 9.17) is 0 Å². The molecule has 2 nitrogen and oxygen atoms in total. The smallest absolute Gasteiger partial charge is 0.0723 e. The zero-order valence-electron chi connectivity index (χ0n) is 8.82. The normalized spacial score (nSPS) is 24.9. The van der Waals surface area contributed by atoms with Crippen molar-refractivity contribution in [3.63, 3.8) is 0 Å². The molecule has 1 aliphatic carbocycles. The third-order valence-electron chi connectivity index (χ3n) is 3.62. The molecule has 0 saturated heterocycles.